The maximum Gasteiger partial charge on any atom is 0.267 e. The molecule has 0 aromatic carbocycles. The minimum Gasteiger partial charge on any atom is -0.371 e. The van der Waals surface area contributed by atoms with Crippen LogP contribution in [0.3, 0.4) is 0 Å². The van der Waals surface area contributed by atoms with E-state index < -0.39 is 5.91 Å². The molecule has 1 aromatic heterocycles. The number of rotatable bonds is 4. The molecule has 5 nitrogen and oxygen atoms in total. The molecule has 0 spiro atoms. The third kappa shape index (κ3) is 4.70. The second-order valence-corrected chi connectivity index (χ2v) is 6.85. The Labute approximate surface area is 126 Å². The highest BCUT2D eigenvalue weighted by molar-refractivity contribution is 5.91. The lowest BCUT2D eigenvalue weighted by Crippen LogP contribution is -2.44. The van der Waals surface area contributed by atoms with E-state index in [1.54, 1.807) is 12.3 Å². The molecule has 1 fully saturated rings. The lowest BCUT2D eigenvalue weighted by molar-refractivity contribution is 0.0995. The van der Waals surface area contributed by atoms with Gasteiger partial charge < -0.3 is 16.0 Å². The fourth-order valence-corrected chi connectivity index (χ4v) is 2.67. The molecule has 5 heteroatoms. The van der Waals surface area contributed by atoms with Crippen molar-refractivity contribution in [3.63, 3.8) is 0 Å². The van der Waals surface area contributed by atoms with Gasteiger partial charge >= 0.3 is 0 Å². The van der Waals surface area contributed by atoms with Crippen molar-refractivity contribution in [3.05, 3.63) is 24.0 Å². The van der Waals surface area contributed by atoms with E-state index in [-0.39, 0.29) is 5.54 Å². The number of hydrogen-bond donors (Lipinski definition) is 2. The summed E-state index contributed by atoms with van der Waals surface area (Å²) in [5.41, 5.74) is 6.83. The molecule has 0 radical (unpaired) electrons. The summed E-state index contributed by atoms with van der Waals surface area (Å²) < 4.78 is 0. The van der Waals surface area contributed by atoms with Crippen molar-refractivity contribution in [2.75, 3.05) is 24.5 Å². The Morgan fingerprint density at radius 1 is 1.52 bits per heavy atom. The van der Waals surface area contributed by atoms with Crippen molar-refractivity contribution in [2.45, 2.75) is 39.2 Å². The molecule has 2 rings (SSSR count). The van der Waals surface area contributed by atoms with Crippen LogP contribution < -0.4 is 16.0 Å². The number of pyridine rings is 1. The normalized spacial score (nSPS) is 19.6. The lowest BCUT2D eigenvalue weighted by Gasteiger charge is -2.36. The van der Waals surface area contributed by atoms with Gasteiger partial charge in [0.1, 0.15) is 5.69 Å². The van der Waals surface area contributed by atoms with Crippen molar-refractivity contribution in [1.82, 2.24) is 10.3 Å². The molecule has 1 aliphatic rings. The highest BCUT2D eigenvalue weighted by atomic mass is 16.1. The number of hydrogen-bond acceptors (Lipinski definition) is 4. The van der Waals surface area contributed by atoms with Gasteiger partial charge in [-0.05, 0) is 51.7 Å². The molecule has 1 aliphatic heterocycles. The first kappa shape index (κ1) is 15.8. The molecule has 0 aliphatic carbocycles. The van der Waals surface area contributed by atoms with Crippen LogP contribution in [-0.2, 0) is 0 Å². The molecule has 1 atom stereocenters. The monoisotopic (exact) mass is 290 g/mol. The molecule has 3 N–H and O–H groups in total. The SMILES string of the molecule is CC(C)(C)NCC1CCCN(c2ccnc(C(N)=O)c2)C1. The molecular weight excluding hydrogens is 264 g/mol. The highest BCUT2D eigenvalue weighted by Gasteiger charge is 2.22. The van der Waals surface area contributed by atoms with Gasteiger partial charge in [0.2, 0.25) is 0 Å². The van der Waals surface area contributed by atoms with Crippen LogP contribution in [-0.4, -0.2) is 36.1 Å². The van der Waals surface area contributed by atoms with E-state index in [2.05, 4.69) is 36.0 Å². The Hall–Kier alpha value is -1.62. The second kappa shape index (κ2) is 6.43. The first-order valence-corrected chi connectivity index (χ1v) is 7.61. The number of nitrogens with zero attached hydrogens (tertiary/aromatic N) is 2. The van der Waals surface area contributed by atoms with Crippen molar-refractivity contribution >= 4 is 11.6 Å². The van der Waals surface area contributed by atoms with Crippen LogP contribution in [0.4, 0.5) is 5.69 Å². The summed E-state index contributed by atoms with van der Waals surface area (Å²) in [5, 5.41) is 3.58. The van der Waals surface area contributed by atoms with Crippen molar-refractivity contribution < 1.29 is 4.79 Å². The number of primary amides is 1. The molecule has 1 amide bonds. The van der Waals surface area contributed by atoms with Gasteiger partial charge in [-0.3, -0.25) is 9.78 Å². The number of carbonyl (C=O) groups excluding carboxylic acids is 1. The largest absolute Gasteiger partial charge is 0.371 e. The number of anilines is 1. The molecule has 0 bridgehead atoms. The number of nitrogens with two attached hydrogens (primary N) is 1. The predicted molar refractivity (Wildman–Crippen MR) is 85.4 cm³/mol. The lowest BCUT2D eigenvalue weighted by atomic mass is 9.96. The van der Waals surface area contributed by atoms with Crippen LogP contribution >= 0.6 is 0 Å². The van der Waals surface area contributed by atoms with E-state index in [1.165, 1.54) is 12.8 Å². The van der Waals surface area contributed by atoms with Gasteiger partial charge in [-0.15, -0.1) is 0 Å². The van der Waals surface area contributed by atoms with Gasteiger partial charge in [-0.1, -0.05) is 0 Å². The summed E-state index contributed by atoms with van der Waals surface area (Å²) in [5.74, 6) is 0.156. The molecule has 21 heavy (non-hydrogen) atoms. The van der Waals surface area contributed by atoms with Crippen LogP contribution in [0.5, 0.6) is 0 Å². The fourth-order valence-electron chi connectivity index (χ4n) is 2.67. The molecular formula is C16H26N4O. The first-order chi connectivity index (χ1) is 9.85. The summed E-state index contributed by atoms with van der Waals surface area (Å²) in [6.45, 7) is 9.62. The zero-order valence-corrected chi connectivity index (χ0v) is 13.2. The molecule has 1 aromatic rings. The van der Waals surface area contributed by atoms with Gasteiger partial charge in [-0.25, -0.2) is 0 Å². The van der Waals surface area contributed by atoms with E-state index in [1.807, 2.05) is 6.07 Å². The van der Waals surface area contributed by atoms with Crippen LogP contribution in [0.2, 0.25) is 0 Å². The third-order valence-electron chi connectivity index (χ3n) is 3.80. The average molecular weight is 290 g/mol. The van der Waals surface area contributed by atoms with E-state index in [9.17, 15) is 4.79 Å². The van der Waals surface area contributed by atoms with Crippen LogP contribution in [0.15, 0.2) is 18.3 Å². The standard InChI is InChI=1S/C16H26N4O/c1-16(2,3)19-10-12-5-4-8-20(11-12)13-6-7-18-14(9-13)15(17)21/h6-7,9,12,19H,4-5,8,10-11H2,1-3H3,(H2,17,21). The average Bonchev–Trinajstić information content (AvgIpc) is 2.45. The van der Waals surface area contributed by atoms with E-state index in [0.717, 1.165) is 25.3 Å². The fraction of sp³-hybridized carbons (Fsp3) is 0.625. The van der Waals surface area contributed by atoms with Crippen molar-refractivity contribution in [1.29, 1.82) is 0 Å². The number of nitrogens with one attached hydrogen (secondary N) is 1. The Morgan fingerprint density at radius 2 is 2.29 bits per heavy atom. The Bertz CT molecular complexity index is 495. The second-order valence-electron chi connectivity index (χ2n) is 6.85. The van der Waals surface area contributed by atoms with Crippen molar-refractivity contribution in [3.8, 4) is 0 Å². The molecule has 1 unspecified atom stereocenters. The minimum absolute atomic E-state index is 0.151. The first-order valence-electron chi connectivity index (χ1n) is 7.61. The van der Waals surface area contributed by atoms with Crippen molar-refractivity contribution in [2.24, 2.45) is 11.7 Å². The molecule has 0 saturated carbocycles. The highest BCUT2D eigenvalue weighted by Crippen LogP contribution is 2.23. The van der Waals surface area contributed by atoms with Gasteiger partial charge in [-0.2, -0.15) is 0 Å². The minimum atomic E-state index is -0.472. The van der Waals surface area contributed by atoms with Crippen LogP contribution in [0.1, 0.15) is 44.1 Å². The molecule has 116 valence electrons. The predicted octanol–water partition coefficient (Wildman–Crippen LogP) is 1.78. The summed E-state index contributed by atoms with van der Waals surface area (Å²) in [6.07, 6.45) is 4.07. The van der Waals surface area contributed by atoms with Gasteiger partial charge in [0, 0.05) is 37.1 Å². The molecule has 1 saturated heterocycles. The Balaban J connectivity index is 2.00. The Morgan fingerprint density at radius 3 is 2.95 bits per heavy atom. The van der Waals surface area contributed by atoms with Crippen LogP contribution in [0.25, 0.3) is 0 Å². The summed E-state index contributed by atoms with van der Waals surface area (Å²) >= 11 is 0. The maximum atomic E-state index is 11.2. The van der Waals surface area contributed by atoms with Crippen LogP contribution in [0, 0.1) is 5.92 Å². The van der Waals surface area contributed by atoms with E-state index in [4.69, 9.17) is 5.73 Å². The number of carbonyl (C=O) groups is 1. The topological polar surface area (TPSA) is 71.2 Å². The summed E-state index contributed by atoms with van der Waals surface area (Å²) in [6, 6.07) is 3.74. The van der Waals surface area contributed by atoms with Gasteiger partial charge in [0.05, 0.1) is 0 Å². The zero-order chi connectivity index (χ0) is 15.5. The summed E-state index contributed by atoms with van der Waals surface area (Å²) in [4.78, 5) is 17.6. The zero-order valence-electron chi connectivity index (χ0n) is 13.2. The third-order valence-corrected chi connectivity index (χ3v) is 3.80. The number of piperidine rings is 1. The quantitative estimate of drug-likeness (QED) is 0.887. The number of amides is 1. The molecule has 2 heterocycles. The smallest absolute Gasteiger partial charge is 0.267 e. The van der Waals surface area contributed by atoms with Gasteiger partial charge in [0.25, 0.3) is 5.91 Å². The van der Waals surface area contributed by atoms with E-state index >= 15 is 0 Å². The summed E-state index contributed by atoms with van der Waals surface area (Å²) in [7, 11) is 0. The maximum absolute atomic E-state index is 11.2. The number of aromatic nitrogens is 1. The van der Waals surface area contributed by atoms with E-state index in [0.29, 0.717) is 11.6 Å². The van der Waals surface area contributed by atoms with Gasteiger partial charge in [0.15, 0.2) is 0 Å². The Kier molecular flexibility index (Phi) is 4.83.